The molecule has 0 N–H and O–H groups in total. The molecule has 0 saturated heterocycles. The first-order chi connectivity index (χ1) is 8.27. The van der Waals surface area contributed by atoms with Gasteiger partial charge < -0.3 is 0 Å². The van der Waals surface area contributed by atoms with Crippen molar-refractivity contribution >= 4 is 10.8 Å². The summed E-state index contributed by atoms with van der Waals surface area (Å²) < 4.78 is 3.39. The summed E-state index contributed by atoms with van der Waals surface area (Å²) in [6, 6.07) is 7.61. The summed E-state index contributed by atoms with van der Waals surface area (Å²) in [7, 11) is 0. The van der Waals surface area contributed by atoms with Crippen molar-refractivity contribution in [3.63, 3.8) is 0 Å². The highest BCUT2D eigenvalue weighted by molar-refractivity contribution is 5.80. The first-order valence-corrected chi connectivity index (χ1v) is 6.03. The largest absolute Gasteiger partial charge is 0.273 e. The fourth-order valence-corrected chi connectivity index (χ4v) is 3.36. The predicted molar refractivity (Wildman–Crippen MR) is 64.4 cm³/mol. The molecule has 1 aromatic carbocycles. The van der Waals surface area contributed by atoms with E-state index in [9.17, 15) is 9.59 Å². The molecule has 1 fully saturated rings. The van der Waals surface area contributed by atoms with Crippen molar-refractivity contribution in [1.82, 2.24) is 9.36 Å². The number of nitrogens with zero attached hydrogens (tertiary/aromatic N) is 2. The summed E-state index contributed by atoms with van der Waals surface area (Å²) in [5.41, 5.74) is -0.0141. The van der Waals surface area contributed by atoms with Gasteiger partial charge in [-0.25, -0.2) is 9.36 Å². The standard InChI is InChI=1S/C13H12N2O2/c16-12-10-3-1-2-4-11(10)13(17)15-9-6-5-8(7-9)14(12)15/h1-4,8-9H,5-7H2/t8-,9-/m1/s1. The van der Waals surface area contributed by atoms with Gasteiger partial charge in [0.1, 0.15) is 0 Å². The van der Waals surface area contributed by atoms with Crippen LogP contribution in [-0.4, -0.2) is 9.36 Å². The first-order valence-electron chi connectivity index (χ1n) is 6.03. The molecule has 1 aliphatic carbocycles. The Kier molecular flexibility index (Phi) is 1.56. The van der Waals surface area contributed by atoms with Gasteiger partial charge in [-0.3, -0.25) is 9.59 Å². The fourth-order valence-electron chi connectivity index (χ4n) is 3.36. The van der Waals surface area contributed by atoms with Gasteiger partial charge in [0.15, 0.2) is 0 Å². The molecule has 2 atom stereocenters. The Hall–Kier alpha value is -1.84. The van der Waals surface area contributed by atoms with E-state index in [2.05, 4.69) is 0 Å². The molecule has 0 amide bonds. The Morgan fingerprint density at radius 1 is 0.882 bits per heavy atom. The van der Waals surface area contributed by atoms with Crippen molar-refractivity contribution in [1.29, 1.82) is 0 Å². The summed E-state index contributed by atoms with van der Waals surface area (Å²) in [6.07, 6.45) is 3.01. The van der Waals surface area contributed by atoms with E-state index in [1.165, 1.54) is 0 Å². The van der Waals surface area contributed by atoms with Crippen molar-refractivity contribution in [3.8, 4) is 0 Å². The molecule has 17 heavy (non-hydrogen) atoms. The van der Waals surface area contributed by atoms with E-state index in [1.54, 1.807) is 21.5 Å². The zero-order chi connectivity index (χ0) is 11.6. The maximum absolute atomic E-state index is 12.4. The lowest BCUT2D eigenvalue weighted by Crippen LogP contribution is -2.38. The van der Waals surface area contributed by atoms with E-state index in [4.69, 9.17) is 0 Å². The topological polar surface area (TPSA) is 44.0 Å². The van der Waals surface area contributed by atoms with Gasteiger partial charge in [-0.15, -0.1) is 0 Å². The molecule has 2 heterocycles. The fraction of sp³-hybridized carbons (Fsp3) is 0.385. The molecule has 2 bridgehead atoms. The van der Waals surface area contributed by atoms with Crippen LogP contribution in [0.1, 0.15) is 31.3 Å². The molecule has 4 heteroatoms. The lowest BCUT2D eigenvalue weighted by Gasteiger charge is -2.20. The highest BCUT2D eigenvalue weighted by atomic mass is 16.2. The van der Waals surface area contributed by atoms with Crippen LogP contribution in [0.25, 0.3) is 10.8 Å². The van der Waals surface area contributed by atoms with Crippen molar-refractivity contribution < 1.29 is 0 Å². The Morgan fingerprint density at radius 2 is 1.35 bits per heavy atom. The minimum atomic E-state index is -0.00704. The molecule has 2 aliphatic rings. The molecule has 1 saturated carbocycles. The van der Waals surface area contributed by atoms with E-state index in [0.29, 0.717) is 10.8 Å². The molecule has 0 spiro atoms. The minimum absolute atomic E-state index is 0.00704. The Bertz CT molecular complexity index is 679. The van der Waals surface area contributed by atoms with E-state index in [-0.39, 0.29) is 23.2 Å². The molecule has 0 radical (unpaired) electrons. The van der Waals surface area contributed by atoms with Crippen LogP contribution < -0.4 is 11.1 Å². The summed E-state index contributed by atoms with van der Waals surface area (Å²) in [5.74, 6) is 0. The van der Waals surface area contributed by atoms with Gasteiger partial charge in [-0.1, -0.05) is 12.1 Å². The van der Waals surface area contributed by atoms with Crippen molar-refractivity contribution in [2.75, 3.05) is 0 Å². The normalized spacial score (nSPS) is 25.4. The van der Waals surface area contributed by atoms with E-state index >= 15 is 0 Å². The molecule has 4 rings (SSSR count). The summed E-state index contributed by atoms with van der Waals surface area (Å²) in [4.78, 5) is 24.7. The third-order valence-corrected chi connectivity index (χ3v) is 4.11. The monoisotopic (exact) mass is 228 g/mol. The molecule has 4 nitrogen and oxygen atoms in total. The average Bonchev–Trinajstić information content (AvgIpc) is 2.96. The van der Waals surface area contributed by atoms with Gasteiger partial charge in [0.25, 0.3) is 11.1 Å². The molecule has 1 aliphatic heterocycles. The highest BCUT2D eigenvalue weighted by Crippen LogP contribution is 2.42. The molecular weight excluding hydrogens is 216 g/mol. The average molecular weight is 228 g/mol. The molecule has 1 aromatic heterocycles. The van der Waals surface area contributed by atoms with Crippen molar-refractivity contribution in [3.05, 3.63) is 45.0 Å². The number of fused-ring (bicyclic) bond motifs is 6. The van der Waals surface area contributed by atoms with Gasteiger partial charge >= 0.3 is 0 Å². The quantitative estimate of drug-likeness (QED) is 0.685. The number of hydrogen-bond donors (Lipinski definition) is 0. The molecule has 86 valence electrons. The maximum atomic E-state index is 12.4. The van der Waals surface area contributed by atoms with Gasteiger partial charge in [-0.05, 0) is 31.4 Å². The van der Waals surface area contributed by atoms with E-state index < -0.39 is 0 Å². The van der Waals surface area contributed by atoms with Crippen LogP contribution in [0.4, 0.5) is 0 Å². The maximum Gasteiger partial charge on any atom is 0.273 e. The smallest absolute Gasteiger partial charge is 0.267 e. The second-order valence-electron chi connectivity index (χ2n) is 4.97. The number of hydrogen-bond acceptors (Lipinski definition) is 2. The number of aromatic nitrogens is 2. The summed E-state index contributed by atoms with van der Waals surface area (Å²) >= 11 is 0. The van der Waals surface area contributed by atoms with Gasteiger partial charge in [0.2, 0.25) is 0 Å². The van der Waals surface area contributed by atoms with Gasteiger partial charge in [0, 0.05) is 0 Å². The first kappa shape index (κ1) is 9.22. The SMILES string of the molecule is O=c1c2ccccc2c(=O)n2n1[C@@H]1CC[C@@H]2C1. The third kappa shape index (κ3) is 0.983. The van der Waals surface area contributed by atoms with E-state index in [0.717, 1.165) is 19.3 Å². The minimum Gasteiger partial charge on any atom is -0.267 e. The van der Waals surface area contributed by atoms with Crippen LogP contribution >= 0.6 is 0 Å². The highest BCUT2D eigenvalue weighted by Gasteiger charge is 2.38. The summed E-state index contributed by atoms with van der Waals surface area (Å²) in [6.45, 7) is 0. The van der Waals surface area contributed by atoms with Crippen molar-refractivity contribution in [2.45, 2.75) is 31.3 Å². The lowest BCUT2D eigenvalue weighted by atomic mass is 10.2. The van der Waals surface area contributed by atoms with Crippen molar-refractivity contribution in [2.24, 2.45) is 0 Å². The van der Waals surface area contributed by atoms with Gasteiger partial charge in [0.05, 0.1) is 22.9 Å². The Balaban J connectivity index is 2.27. The van der Waals surface area contributed by atoms with Crippen LogP contribution in [0.5, 0.6) is 0 Å². The van der Waals surface area contributed by atoms with Crippen LogP contribution in [0.3, 0.4) is 0 Å². The Labute approximate surface area is 97.1 Å². The third-order valence-electron chi connectivity index (χ3n) is 4.11. The molecular formula is C13H12N2O2. The van der Waals surface area contributed by atoms with E-state index in [1.807, 2.05) is 12.1 Å². The number of rotatable bonds is 0. The second-order valence-corrected chi connectivity index (χ2v) is 4.97. The molecule has 0 unspecified atom stereocenters. The second kappa shape index (κ2) is 2.88. The van der Waals surface area contributed by atoms with Gasteiger partial charge in [-0.2, -0.15) is 0 Å². The predicted octanol–water partition coefficient (Wildman–Crippen LogP) is 1.44. The van der Waals surface area contributed by atoms with Crippen LogP contribution in [0, 0.1) is 0 Å². The zero-order valence-corrected chi connectivity index (χ0v) is 9.30. The lowest BCUT2D eigenvalue weighted by molar-refractivity contribution is 0.362. The number of benzene rings is 1. The van der Waals surface area contributed by atoms with Crippen LogP contribution in [0.15, 0.2) is 33.9 Å². The Morgan fingerprint density at radius 3 is 1.82 bits per heavy atom. The zero-order valence-electron chi connectivity index (χ0n) is 9.30. The summed E-state index contributed by atoms with van der Waals surface area (Å²) in [5, 5.41) is 1.11. The van der Waals surface area contributed by atoms with Crippen LogP contribution in [0.2, 0.25) is 0 Å². The van der Waals surface area contributed by atoms with Crippen LogP contribution in [-0.2, 0) is 0 Å². The molecule has 2 aromatic rings.